The van der Waals surface area contributed by atoms with Gasteiger partial charge < -0.3 is 9.84 Å². The van der Waals surface area contributed by atoms with Crippen molar-refractivity contribution in [1.29, 1.82) is 0 Å². The normalized spacial score (nSPS) is 17.6. The Kier molecular flexibility index (Phi) is 5.83. The van der Waals surface area contributed by atoms with Crippen molar-refractivity contribution in [2.45, 2.75) is 18.9 Å². The molecule has 1 fully saturated rings. The van der Waals surface area contributed by atoms with Crippen molar-refractivity contribution in [1.82, 2.24) is 4.90 Å². The summed E-state index contributed by atoms with van der Waals surface area (Å²) in [4.78, 5) is 2.36. The molecule has 0 spiro atoms. The molecule has 0 radical (unpaired) electrons. The molecular weight excluding hydrogens is 305 g/mol. The minimum Gasteiger partial charge on any atom is -0.492 e. The van der Waals surface area contributed by atoms with E-state index in [4.69, 9.17) is 4.74 Å². The lowest BCUT2D eigenvalue weighted by molar-refractivity contribution is 0.0550. The Balaban J connectivity index is 1.40. The van der Waals surface area contributed by atoms with Gasteiger partial charge in [-0.15, -0.1) is 0 Å². The summed E-state index contributed by atoms with van der Waals surface area (Å²) in [6, 6.07) is 16.0. The van der Waals surface area contributed by atoms with Gasteiger partial charge in [0.05, 0.1) is 6.10 Å². The molecule has 1 heterocycles. The fourth-order valence-corrected chi connectivity index (χ4v) is 3.24. The Hall–Kier alpha value is -1.91. The van der Waals surface area contributed by atoms with Gasteiger partial charge in [-0.25, -0.2) is 4.39 Å². The highest BCUT2D eigenvalue weighted by atomic mass is 19.1. The summed E-state index contributed by atoms with van der Waals surface area (Å²) < 4.78 is 18.5. The molecule has 2 aromatic rings. The molecule has 1 unspecified atom stereocenters. The summed E-state index contributed by atoms with van der Waals surface area (Å²) in [6.45, 7) is 3.39. The van der Waals surface area contributed by atoms with Gasteiger partial charge in [0.1, 0.15) is 18.2 Å². The summed E-state index contributed by atoms with van der Waals surface area (Å²) in [5.41, 5.74) is 1.01. The number of benzene rings is 2. The van der Waals surface area contributed by atoms with Crippen LogP contribution in [0.3, 0.4) is 0 Å². The number of halogens is 1. The van der Waals surface area contributed by atoms with Gasteiger partial charge in [0.25, 0.3) is 0 Å². The van der Waals surface area contributed by atoms with Crippen molar-refractivity contribution >= 4 is 0 Å². The lowest BCUT2D eigenvalue weighted by atomic mass is 9.87. The van der Waals surface area contributed by atoms with Crippen molar-refractivity contribution in [2.24, 2.45) is 5.92 Å². The highest BCUT2D eigenvalue weighted by molar-refractivity contribution is 5.22. The first kappa shape index (κ1) is 16.9. The monoisotopic (exact) mass is 329 g/mol. The number of hydrogen-bond acceptors (Lipinski definition) is 3. The molecule has 1 atom stereocenters. The van der Waals surface area contributed by atoms with Crippen molar-refractivity contribution in [3.8, 4) is 5.75 Å². The van der Waals surface area contributed by atoms with Crippen LogP contribution in [-0.2, 0) is 0 Å². The zero-order valence-corrected chi connectivity index (χ0v) is 13.8. The standard InChI is InChI=1S/C20H24FNO2/c21-18-6-8-19(9-7-18)24-15-14-22-12-10-17(11-13-22)20(23)16-4-2-1-3-5-16/h1-9,17,20,23H,10-15H2. The molecule has 1 N–H and O–H groups in total. The van der Waals surface area contributed by atoms with E-state index in [2.05, 4.69) is 4.90 Å². The molecule has 1 aliphatic rings. The molecule has 128 valence electrons. The van der Waals surface area contributed by atoms with Gasteiger partial charge in [0, 0.05) is 6.54 Å². The molecule has 1 aliphatic heterocycles. The number of piperidine rings is 1. The van der Waals surface area contributed by atoms with Gasteiger partial charge >= 0.3 is 0 Å². The topological polar surface area (TPSA) is 32.7 Å². The van der Waals surface area contributed by atoms with Crippen molar-refractivity contribution in [3.05, 3.63) is 66.0 Å². The highest BCUT2D eigenvalue weighted by Crippen LogP contribution is 2.30. The molecule has 2 aromatic carbocycles. The number of nitrogens with zero attached hydrogens (tertiary/aromatic N) is 1. The zero-order chi connectivity index (χ0) is 16.8. The van der Waals surface area contributed by atoms with Crippen LogP contribution in [0.2, 0.25) is 0 Å². The van der Waals surface area contributed by atoms with Gasteiger partial charge in [-0.2, -0.15) is 0 Å². The van der Waals surface area contributed by atoms with Crippen LogP contribution in [0, 0.1) is 11.7 Å². The maximum atomic E-state index is 12.8. The quantitative estimate of drug-likeness (QED) is 0.878. The van der Waals surface area contributed by atoms with Crippen LogP contribution in [0.4, 0.5) is 4.39 Å². The first-order valence-electron chi connectivity index (χ1n) is 8.56. The Morgan fingerprint density at radius 3 is 2.38 bits per heavy atom. The van der Waals surface area contributed by atoms with Crippen LogP contribution in [0.25, 0.3) is 0 Å². The molecule has 0 bridgehead atoms. The van der Waals surface area contributed by atoms with Crippen molar-refractivity contribution in [2.75, 3.05) is 26.2 Å². The highest BCUT2D eigenvalue weighted by Gasteiger charge is 2.25. The third-order valence-electron chi connectivity index (χ3n) is 4.71. The van der Waals surface area contributed by atoms with Gasteiger partial charge in [-0.1, -0.05) is 30.3 Å². The minimum atomic E-state index is -0.371. The second-order valence-corrected chi connectivity index (χ2v) is 6.34. The van der Waals surface area contributed by atoms with E-state index in [9.17, 15) is 9.50 Å². The number of rotatable bonds is 6. The number of aliphatic hydroxyl groups is 1. The van der Waals surface area contributed by atoms with Crippen LogP contribution in [-0.4, -0.2) is 36.2 Å². The second kappa shape index (κ2) is 8.27. The number of aliphatic hydroxyl groups excluding tert-OH is 1. The number of ether oxygens (including phenoxy) is 1. The largest absolute Gasteiger partial charge is 0.492 e. The molecule has 0 saturated carbocycles. The van der Waals surface area contributed by atoms with E-state index in [1.165, 1.54) is 12.1 Å². The zero-order valence-electron chi connectivity index (χ0n) is 13.8. The van der Waals surface area contributed by atoms with E-state index >= 15 is 0 Å². The fourth-order valence-electron chi connectivity index (χ4n) is 3.24. The predicted octanol–water partition coefficient (Wildman–Crippen LogP) is 3.65. The molecule has 4 heteroatoms. The molecule has 0 amide bonds. The summed E-state index contributed by atoms with van der Waals surface area (Å²) in [6.07, 6.45) is 1.61. The van der Waals surface area contributed by atoms with Gasteiger partial charge in [-0.05, 0) is 61.7 Å². The average Bonchev–Trinajstić information content (AvgIpc) is 2.64. The van der Waals surface area contributed by atoms with Crippen LogP contribution in [0.15, 0.2) is 54.6 Å². The van der Waals surface area contributed by atoms with Gasteiger partial charge in [0.15, 0.2) is 0 Å². The van der Waals surface area contributed by atoms with E-state index < -0.39 is 0 Å². The molecule has 1 saturated heterocycles. The van der Waals surface area contributed by atoms with E-state index in [1.54, 1.807) is 12.1 Å². The smallest absolute Gasteiger partial charge is 0.123 e. The summed E-state index contributed by atoms with van der Waals surface area (Å²) >= 11 is 0. The van der Waals surface area contributed by atoms with E-state index in [0.717, 1.165) is 38.0 Å². The third-order valence-corrected chi connectivity index (χ3v) is 4.71. The third kappa shape index (κ3) is 4.56. The molecule has 24 heavy (non-hydrogen) atoms. The first-order valence-corrected chi connectivity index (χ1v) is 8.56. The molecule has 0 aliphatic carbocycles. The lowest BCUT2D eigenvalue weighted by Gasteiger charge is -2.34. The van der Waals surface area contributed by atoms with Crippen LogP contribution >= 0.6 is 0 Å². The van der Waals surface area contributed by atoms with Crippen molar-refractivity contribution in [3.63, 3.8) is 0 Å². The Morgan fingerprint density at radius 2 is 1.71 bits per heavy atom. The summed E-state index contributed by atoms with van der Waals surface area (Å²) in [5, 5.41) is 10.5. The van der Waals surface area contributed by atoms with Gasteiger partial charge in [-0.3, -0.25) is 4.90 Å². The lowest BCUT2D eigenvalue weighted by Crippen LogP contribution is -2.38. The second-order valence-electron chi connectivity index (χ2n) is 6.34. The van der Waals surface area contributed by atoms with E-state index in [-0.39, 0.29) is 11.9 Å². The molecule has 0 aromatic heterocycles. The Labute approximate surface area is 142 Å². The Morgan fingerprint density at radius 1 is 1.04 bits per heavy atom. The minimum absolute atomic E-state index is 0.249. The SMILES string of the molecule is OC(c1ccccc1)C1CCN(CCOc2ccc(F)cc2)CC1. The van der Waals surface area contributed by atoms with Crippen LogP contribution in [0.1, 0.15) is 24.5 Å². The maximum absolute atomic E-state index is 12.8. The molecule has 3 rings (SSSR count). The number of hydrogen-bond donors (Lipinski definition) is 1. The van der Waals surface area contributed by atoms with Crippen LogP contribution in [0.5, 0.6) is 5.75 Å². The maximum Gasteiger partial charge on any atom is 0.123 e. The fraction of sp³-hybridized carbons (Fsp3) is 0.400. The molecular formula is C20H24FNO2. The molecule has 3 nitrogen and oxygen atoms in total. The average molecular weight is 329 g/mol. The first-order chi connectivity index (χ1) is 11.7. The van der Waals surface area contributed by atoms with Gasteiger partial charge in [0.2, 0.25) is 0 Å². The van der Waals surface area contributed by atoms with Crippen molar-refractivity contribution < 1.29 is 14.2 Å². The summed E-state index contributed by atoms with van der Waals surface area (Å²) in [7, 11) is 0. The van der Waals surface area contributed by atoms with Crippen LogP contribution < -0.4 is 4.74 Å². The Bertz CT molecular complexity index is 609. The summed E-state index contributed by atoms with van der Waals surface area (Å²) in [5.74, 6) is 0.772. The van der Waals surface area contributed by atoms with E-state index in [1.807, 2.05) is 30.3 Å². The number of likely N-dealkylation sites (tertiary alicyclic amines) is 1. The predicted molar refractivity (Wildman–Crippen MR) is 92.5 cm³/mol. The van der Waals surface area contributed by atoms with E-state index in [0.29, 0.717) is 18.3 Å².